The molecule has 0 heterocycles. The van der Waals surface area contributed by atoms with Crippen LogP contribution in [0.2, 0.25) is 0 Å². The number of rotatable bonds is 2. The maximum Gasteiger partial charge on any atom is 0.191 e. The van der Waals surface area contributed by atoms with Gasteiger partial charge in [0.05, 0.1) is 0 Å². The number of nitrogens with zero attached hydrogens (tertiary/aromatic N) is 1. The van der Waals surface area contributed by atoms with Crippen LogP contribution < -0.4 is 10.6 Å². The summed E-state index contributed by atoms with van der Waals surface area (Å²) >= 11 is 0. The van der Waals surface area contributed by atoms with Gasteiger partial charge in [0.15, 0.2) is 5.96 Å². The Balaban J connectivity index is 0.00000220. The van der Waals surface area contributed by atoms with Gasteiger partial charge >= 0.3 is 0 Å². The average Bonchev–Trinajstić information content (AvgIpc) is 2.42. The van der Waals surface area contributed by atoms with Gasteiger partial charge in [-0.3, -0.25) is 4.99 Å². The largest absolute Gasteiger partial charge is 0.352 e. The van der Waals surface area contributed by atoms with Gasteiger partial charge in [0.25, 0.3) is 0 Å². The van der Waals surface area contributed by atoms with Crippen molar-refractivity contribution in [1.82, 2.24) is 10.6 Å². The fraction of sp³-hybridized carbons (Fsp3) is 0.353. The average molecular weight is 397 g/mol. The lowest BCUT2D eigenvalue weighted by atomic mass is 10.0. The van der Waals surface area contributed by atoms with Crippen LogP contribution in [-0.4, -0.2) is 18.5 Å². The third-order valence-corrected chi connectivity index (χ3v) is 3.04. The molecule has 0 radical (unpaired) electrons. The second-order valence-electron chi connectivity index (χ2n) is 5.94. The zero-order valence-electron chi connectivity index (χ0n) is 13.1. The van der Waals surface area contributed by atoms with Gasteiger partial charge in [-0.15, -0.1) is 24.0 Å². The zero-order chi connectivity index (χ0) is 14.6. The minimum atomic E-state index is 0. The Hall–Kier alpha value is -1.30. The Morgan fingerprint density at radius 1 is 1.05 bits per heavy atom. The first kappa shape index (κ1) is 17.8. The molecule has 3 nitrogen and oxygen atoms in total. The van der Waals surface area contributed by atoms with Gasteiger partial charge in [-0.25, -0.2) is 0 Å². The van der Waals surface area contributed by atoms with E-state index in [1.165, 1.54) is 16.3 Å². The summed E-state index contributed by atoms with van der Waals surface area (Å²) in [5.74, 6) is 0.824. The van der Waals surface area contributed by atoms with Crippen molar-refractivity contribution < 1.29 is 0 Å². The lowest BCUT2D eigenvalue weighted by Gasteiger charge is -2.24. The van der Waals surface area contributed by atoms with Crippen LogP contribution in [-0.2, 0) is 6.54 Å². The van der Waals surface area contributed by atoms with E-state index in [9.17, 15) is 0 Å². The van der Waals surface area contributed by atoms with Crippen LogP contribution in [0.3, 0.4) is 0 Å². The molecule has 0 spiro atoms. The second kappa shape index (κ2) is 7.64. The molecule has 0 atom stereocenters. The molecule has 2 rings (SSSR count). The third-order valence-electron chi connectivity index (χ3n) is 3.04. The summed E-state index contributed by atoms with van der Waals surface area (Å²) in [4.78, 5) is 4.26. The Kier molecular flexibility index (Phi) is 6.45. The highest BCUT2D eigenvalue weighted by atomic mass is 127. The van der Waals surface area contributed by atoms with Crippen LogP contribution in [0.1, 0.15) is 26.3 Å². The molecule has 0 aliphatic carbocycles. The fourth-order valence-corrected chi connectivity index (χ4v) is 2.16. The number of guanidine groups is 1. The summed E-state index contributed by atoms with van der Waals surface area (Å²) in [5.41, 5.74) is 1.28. The van der Waals surface area contributed by atoms with E-state index in [2.05, 4.69) is 78.9 Å². The van der Waals surface area contributed by atoms with Gasteiger partial charge in [-0.2, -0.15) is 0 Å². The molecule has 2 aromatic carbocycles. The van der Waals surface area contributed by atoms with Crippen molar-refractivity contribution in [1.29, 1.82) is 0 Å². The topological polar surface area (TPSA) is 36.4 Å². The van der Waals surface area contributed by atoms with E-state index in [1.807, 2.05) is 0 Å². The first-order valence-corrected chi connectivity index (χ1v) is 6.95. The first-order chi connectivity index (χ1) is 9.49. The van der Waals surface area contributed by atoms with E-state index in [1.54, 1.807) is 7.05 Å². The standard InChI is InChI=1S/C17H23N3.HI/c1-17(2,3)20-16(18-4)19-12-14-10-7-9-13-8-5-6-11-15(13)14;/h5-11H,12H2,1-4H3,(H2,18,19,20);1H. The van der Waals surface area contributed by atoms with Crippen molar-refractivity contribution >= 4 is 40.7 Å². The van der Waals surface area contributed by atoms with Gasteiger partial charge in [0, 0.05) is 19.1 Å². The van der Waals surface area contributed by atoms with E-state index < -0.39 is 0 Å². The van der Waals surface area contributed by atoms with Crippen LogP contribution in [0.25, 0.3) is 10.8 Å². The molecule has 0 fully saturated rings. The second-order valence-corrected chi connectivity index (χ2v) is 5.94. The molecule has 4 heteroatoms. The summed E-state index contributed by atoms with van der Waals surface area (Å²) in [6, 6.07) is 14.8. The molecule has 2 N–H and O–H groups in total. The summed E-state index contributed by atoms with van der Waals surface area (Å²) in [6.45, 7) is 7.13. The highest BCUT2D eigenvalue weighted by Gasteiger charge is 2.11. The molecule has 21 heavy (non-hydrogen) atoms. The van der Waals surface area contributed by atoms with Gasteiger partial charge < -0.3 is 10.6 Å². The number of fused-ring (bicyclic) bond motifs is 1. The van der Waals surface area contributed by atoms with Crippen molar-refractivity contribution in [2.24, 2.45) is 4.99 Å². The summed E-state index contributed by atoms with van der Waals surface area (Å²) in [7, 11) is 1.80. The molecule has 0 saturated carbocycles. The molecular weight excluding hydrogens is 373 g/mol. The number of benzene rings is 2. The summed E-state index contributed by atoms with van der Waals surface area (Å²) < 4.78 is 0. The first-order valence-electron chi connectivity index (χ1n) is 6.95. The summed E-state index contributed by atoms with van der Waals surface area (Å²) in [6.07, 6.45) is 0. The normalized spacial score (nSPS) is 11.9. The van der Waals surface area contributed by atoms with Gasteiger partial charge in [0.1, 0.15) is 0 Å². The maximum absolute atomic E-state index is 4.26. The number of halogens is 1. The van der Waals surface area contributed by atoms with Crippen molar-refractivity contribution in [3.63, 3.8) is 0 Å². The fourth-order valence-electron chi connectivity index (χ4n) is 2.16. The molecule has 0 saturated heterocycles. The Labute approximate surface area is 144 Å². The Bertz CT molecular complexity index is 609. The monoisotopic (exact) mass is 397 g/mol. The molecule has 0 bridgehead atoms. The van der Waals surface area contributed by atoms with E-state index in [0.717, 1.165) is 12.5 Å². The molecule has 0 aliphatic heterocycles. The van der Waals surface area contributed by atoms with Crippen molar-refractivity contribution in [3.05, 3.63) is 48.0 Å². The van der Waals surface area contributed by atoms with Crippen molar-refractivity contribution in [2.75, 3.05) is 7.05 Å². The van der Waals surface area contributed by atoms with E-state index in [4.69, 9.17) is 0 Å². The van der Waals surface area contributed by atoms with Gasteiger partial charge in [-0.05, 0) is 37.1 Å². The minimum absolute atomic E-state index is 0. The SMILES string of the molecule is CN=C(NCc1cccc2ccccc12)NC(C)(C)C.I. The van der Waals surface area contributed by atoms with E-state index >= 15 is 0 Å². The lowest BCUT2D eigenvalue weighted by molar-refractivity contribution is 0.501. The molecule has 0 aromatic heterocycles. The van der Waals surface area contributed by atoms with Crippen molar-refractivity contribution in [2.45, 2.75) is 32.9 Å². The Morgan fingerprint density at radius 3 is 2.38 bits per heavy atom. The number of hydrogen-bond donors (Lipinski definition) is 2. The molecule has 0 amide bonds. The maximum atomic E-state index is 4.26. The van der Waals surface area contributed by atoms with Gasteiger partial charge in [0.2, 0.25) is 0 Å². The van der Waals surface area contributed by atoms with Crippen LogP contribution in [0.4, 0.5) is 0 Å². The number of hydrogen-bond acceptors (Lipinski definition) is 1. The molecule has 0 unspecified atom stereocenters. The van der Waals surface area contributed by atoms with Crippen molar-refractivity contribution in [3.8, 4) is 0 Å². The molecule has 0 aliphatic rings. The molecule has 114 valence electrons. The van der Waals surface area contributed by atoms with Crippen LogP contribution in [0.5, 0.6) is 0 Å². The van der Waals surface area contributed by atoms with Crippen LogP contribution in [0.15, 0.2) is 47.5 Å². The highest BCUT2D eigenvalue weighted by Crippen LogP contribution is 2.18. The quantitative estimate of drug-likeness (QED) is 0.458. The molecule has 2 aromatic rings. The number of aliphatic imine (C=N–C) groups is 1. The van der Waals surface area contributed by atoms with E-state index in [0.29, 0.717) is 0 Å². The Morgan fingerprint density at radius 2 is 1.71 bits per heavy atom. The smallest absolute Gasteiger partial charge is 0.191 e. The predicted molar refractivity (Wildman–Crippen MR) is 102 cm³/mol. The van der Waals surface area contributed by atoms with E-state index in [-0.39, 0.29) is 29.5 Å². The highest BCUT2D eigenvalue weighted by molar-refractivity contribution is 14.0. The van der Waals surface area contributed by atoms with Gasteiger partial charge in [-0.1, -0.05) is 42.5 Å². The number of nitrogens with one attached hydrogen (secondary N) is 2. The lowest BCUT2D eigenvalue weighted by Crippen LogP contribution is -2.47. The van der Waals surface area contributed by atoms with Crippen LogP contribution in [0, 0.1) is 0 Å². The predicted octanol–water partition coefficient (Wildman–Crippen LogP) is 3.92. The van der Waals surface area contributed by atoms with Crippen LogP contribution >= 0.6 is 24.0 Å². The minimum Gasteiger partial charge on any atom is -0.352 e. The summed E-state index contributed by atoms with van der Waals surface area (Å²) in [5, 5.41) is 9.29. The molecular formula is C17H24IN3. The third kappa shape index (κ3) is 5.19. The zero-order valence-corrected chi connectivity index (χ0v) is 15.4.